The van der Waals surface area contributed by atoms with Gasteiger partial charge in [0, 0.05) is 20.6 Å². The van der Waals surface area contributed by atoms with Crippen LogP contribution in [0.25, 0.3) is 45.0 Å². The second kappa shape index (κ2) is 9.26. The molecule has 5 rings (SSSR count). The fourth-order valence-electron chi connectivity index (χ4n) is 3.77. The minimum Gasteiger partial charge on any atom is -0.217 e. The van der Waals surface area contributed by atoms with Crippen LogP contribution in [0.4, 0.5) is 0 Å². The number of aryl methyl sites for hydroxylation is 1. The Balaban J connectivity index is 1.69. The van der Waals surface area contributed by atoms with Crippen molar-refractivity contribution in [1.29, 1.82) is 0 Å². The van der Waals surface area contributed by atoms with E-state index >= 15 is 0 Å². The van der Waals surface area contributed by atoms with Crippen LogP contribution in [0.1, 0.15) is 5.56 Å². The van der Waals surface area contributed by atoms with Gasteiger partial charge in [0.25, 0.3) is 0 Å². The molecule has 0 fully saturated rings. The maximum Gasteiger partial charge on any atom is 0.163 e. The molecule has 0 aliphatic carbocycles. The summed E-state index contributed by atoms with van der Waals surface area (Å²) >= 11 is 9.99. The fourth-order valence-corrected chi connectivity index (χ4v) is 4.63. The van der Waals surface area contributed by atoms with E-state index in [2.05, 4.69) is 81.4 Å². The van der Waals surface area contributed by atoms with E-state index in [1.807, 2.05) is 42.5 Å². The highest BCUT2D eigenvalue weighted by Crippen LogP contribution is 2.37. The summed E-state index contributed by atoms with van der Waals surface area (Å²) in [5.74, 6) is 1.26. The number of aromatic nitrogens is 3. The molecule has 5 heteroatoms. The highest BCUT2D eigenvalue weighted by molar-refractivity contribution is 9.10. The van der Waals surface area contributed by atoms with Crippen LogP contribution in [0, 0.1) is 6.92 Å². The van der Waals surface area contributed by atoms with Gasteiger partial charge in [-0.05, 0) is 59.5 Å². The lowest BCUT2D eigenvalue weighted by molar-refractivity contribution is 1.07. The first kappa shape index (κ1) is 21.5. The molecule has 160 valence electrons. The molecule has 0 saturated carbocycles. The van der Waals surface area contributed by atoms with Crippen LogP contribution in [-0.4, -0.2) is 15.0 Å². The second-order valence-corrected chi connectivity index (χ2v) is 9.14. The van der Waals surface area contributed by atoms with E-state index in [1.165, 1.54) is 5.56 Å². The van der Waals surface area contributed by atoms with Crippen molar-refractivity contribution >= 4 is 27.5 Å². The molecule has 0 spiro atoms. The molecule has 0 unspecified atom stereocenters. The molecule has 1 aromatic heterocycles. The Bertz CT molecular complexity index is 1410. The van der Waals surface area contributed by atoms with Gasteiger partial charge in [0.15, 0.2) is 11.6 Å². The number of hydrogen-bond acceptors (Lipinski definition) is 3. The van der Waals surface area contributed by atoms with Crippen LogP contribution in [0.5, 0.6) is 0 Å². The summed E-state index contributed by atoms with van der Waals surface area (Å²) in [5, 5.41) is 0.659. The number of benzene rings is 4. The molecule has 0 atom stereocenters. The van der Waals surface area contributed by atoms with Crippen LogP contribution in [0.15, 0.2) is 102 Å². The van der Waals surface area contributed by atoms with Crippen molar-refractivity contribution in [1.82, 2.24) is 15.0 Å². The average molecular weight is 513 g/mol. The number of nitrogens with zero attached hydrogens (tertiary/aromatic N) is 3. The Morgan fingerprint density at radius 1 is 0.636 bits per heavy atom. The van der Waals surface area contributed by atoms with Crippen LogP contribution >= 0.6 is 27.5 Å². The van der Waals surface area contributed by atoms with E-state index in [0.29, 0.717) is 16.7 Å². The van der Waals surface area contributed by atoms with Crippen molar-refractivity contribution in [3.8, 4) is 45.0 Å². The van der Waals surface area contributed by atoms with Gasteiger partial charge in [-0.1, -0.05) is 93.8 Å². The Morgan fingerprint density at radius 3 is 2.12 bits per heavy atom. The molecule has 0 radical (unpaired) electrons. The summed E-state index contributed by atoms with van der Waals surface area (Å²) in [5.41, 5.74) is 7.34. The minimum absolute atomic E-state index is 0.616. The molecule has 0 aliphatic rings. The van der Waals surface area contributed by atoms with Crippen molar-refractivity contribution < 1.29 is 0 Å². The molecule has 0 bridgehead atoms. The third kappa shape index (κ3) is 4.72. The number of halogens is 2. The van der Waals surface area contributed by atoms with E-state index in [9.17, 15) is 0 Å². The SMILES string of the molecule is Cc1ccc(-c2ccc(-c3ncnc(-c4ccccc4)n3)c(-c3cc(Cl)cc(Br)c3)c2)cc1. The van der Waals surface area contributed by atoms with Gasteiger partial charge >= 0.3 is 0 Å². The molecule has 0 aliphatic heterocycles. The lowest BCUT2D eigenvalue weighted by Gasteiger charge is -2.13. The number of hydrogen-bond donors (Lipinski definition) is 0. The Morgan fingerprint density at radius 2 is 1.36 bits per heavy atom. The number of rotatable bonds is 4. The maximum atomic E-state index is 6.41. The zero-order valence-electron chi connectivity index (χ0n) is 17.8. The molecule has 0 amide bonds. The van der Waals surface area contributed by atoms with Crippen molar-refractivity contribution in [2.45, 2.75) is 6.92 Å². The highest BCUT2D eigenvalue weighted by Gasteiger charge is 2.14. The first-order valence-electron chi connectivity index (χ1n) is 10.5. The van der Waals surface area contributed by atoms with Gasteiger partial charge in [-0.15, -0.1) is 0 Å². The van der Waals surface area contributed by atoms with E-state index in [1.54, 1.807) is 6.33 Å². The van der Waals surface area contributed by atoms with E-state index in [4.69, 9.17) is 16.6 Å². The highest BCUT2D eigenvalue weighted by atomic mass is 79.9. The lowest BCUT2D eigenvalue weighted by atomic mass is 9.94. The molecule has 0 saturated heterocycles. The monoisotopic (exact) mass is 511 g/mol. The largest absolute Gasteiger partial charge is 0.217 e. The van der Waals surface area contributed by atoms with Crippen molar-refractivity contribution in [3.63, 3.8) is 0 Å². The van der Waals surface area contributed by atoms with Gasteiger partial charge in [0.1, 0.15) is 6.33 Å². The predicted octanol–water partition coefficient (Wildman–Crippen LogP) is 8.26. The third-order valence-electron chi connectivity index (χ3n) is 5.42. The van der Waals surface area contributed by atoms with Gasteiger partial charge in [-0.3, -0.25) is 0 Å². The van der Waals surface area contributed by atoms with Crippen molar-refractivity contribution in [2.24, 2.45) is 0 Å². The second-order valence-electron chi connectivity index (χ2n) is 7.78. The summed E-state index contributed by atoms with van der Waals surface area (Å²) in [7, 11) is 0. The zero-order valence-corrected chi connectivity index (χ0v) is 20.2. The fraction of sp³-hybridized carbons (Fsp3) is 0.0357. The Labute approximate surface area is 206 Å². The van der Waals surface area contributed by atoms with E-state index in [0.717, 1.165) is 37.9 Å². The normalized spacial score (nSPS) is 10.9. The topological polar surface area (TPSA) is 38.7 Å². The zero-order chi connectivity index (χ0) is 22.8. The maximum absolute atomic E-state index is 6.41. The molecule has 4 aromatic carbocycles. The first-order chi connectivity index (χ1) is 16.1. The molecule has 1 heterocycles. The van der Waals surface area contributed by atoms with Gasteiger partial charge in [0.05, 0.1) is 0 Å². The van der Waals surface area contributed by atoms with Crippen molar-refractivity contribution in [2.75, 3.05) is 0 Å². The van der Waals surface area contributed by atoms with Gasteiger partial charge < -0.3 is 0 Å². The molecule has 33 heavy (non-hydrogen) atoms. The lowest BCUT2D eigenvalue weighted by Crippen LogP contribution is -1.97. The van der Waals surface area contributed by atoms with Crippen LogP contribution in [0.3, 0.4) is 0 Å². The summed E-state index contributed by atoms with van der Waals surface area (Å²) < 4.78 is 0.914. The van der Waals surface area contributed by atoms with Gasteiger partial charge in [-0.25, -0.2) is 15.0 Å². The molecule has 0 N–H and O–H groups in total. The standard InChI is InChI=1S/C28H19BrClN3/c1-18-7-9-19(10-8-18)21-11-12-25(26(15-21)22-13-23(29)16-24(30)14-22)28-32-17-31-27(33-28)20-5-3-2-4-6-20/h2-17H,1H3. The molecule has 3 nitrogen and oxygen atoms in total. The van der Waals surface area contributed by atoms with Crippen LogP contribution < -0.4 is 0 Å². The molecular weight excluding hydrogens is 494 g/mol. The van der Waals surface area contributed by atoms with Crippen LogP contribution in [-0.2, 0) is 0 Å². The summed E-state index contributed by atoms with van der Waals surface area (Å²) in [6, 6.07) is 30.7. The minimum atomic E-state index is 0.616. The quantitative estimate of drug-likeness (QED) is 0.243. The molecule has 5 aromatic rings. The van der Waals surface area contributed by atoms with E-state index < -0.39 is 0 Å². The Hall–Kier alpha value is -3.34. The summed E-state index contributed by atoms with van der Waals surface area (Å²) in [6.07, 6.45) is 1.57. The summed E-state index contributed by atoms with van der Waals surface area (Å²) in [6.45, 7) is 2.09. The molecular formula is C28H19BrClN3. The van der Waals surface area contributed by atoms with Crippen LogP contribution in [0.2, 0.25) is 5.02 Å². The smallest absolute Gasteiger partial charge is 0.163 e. The summed E-state index contributed by atoms with van der Waals surface area (Å²) in [4.78, 5) is 13.7. The first-order valence-corrected chi connectivity index (χ1v) is 11.7. The van der Waals surface area contributed by atoms with Gasteiger partial charge in [0.2, 0.25) is 0 Å². The van der Waals surface area contributed by atoms with Gasteiger partial charge in [-0.2, -0.15) is 0 Å². The average Bonchev–Trinajstić information content (AvgIpc) is 2.84. The Kier molecular flexibility index (Phi) is 6.03. The van der Waals surface area contributed by atoms with Crippen molar-refractivity contribution in [3.05, 3.63) is 112 Å². The van der Waals surface area contributed by atoms with E-state index in [-0.39, 0.29) is 0 Å². The third-order valence-corrected chi connectivity index (χ3v) is 6.10. The predicted molar refractivity (Wildman–Crippen MR) is 139 cm³/mol.